The minimum atomic E-state index is -0.103. The first-order chi connectivity index (χ1) is 11.4. The number of aryl methyl sites for hydroxylation is 1. The molecule has 0 aliphatic carbocycles. The predicted molar refractivity (Wildman–Crippen MR) is 99.8 cm³/mol. The van der Waals surface area contributed by atoms with Gasteiger partial charge in [-0.3, -0.25) is 4.79 Å². The van der Waals surface area contributed by atoms with Crippen molar-refractivity contribution in [3.05, 3.63) is 57.6 Å². The Labute approximate surface area is 147 Å². The lowest BCUT2D eigenvalue weighted by atomic mass is 9.94. The molecule has 3 nitrogen and oxygen atoms in total. The molecule has 1 aliphatic heterocycles. The van der Waals surface area contributed by atoms with Gasteiger partial charge in [0.25, 0.3) is 5.91 Å². The van der Waals surface area contributed by atoms with Gasteiger partial charge in [0.1, 0.15) is 5.75 Å². The Kier molecular flexibility index (Phi) is 4.37. The van der Waals surface area contributed by atoms with E-state index >= 15 is 0 Å². The molecule has 1 N–H and O–H groups in total. The van der Waals surface area contributed by atoms with Gasteiger partial charge >= 0.3 is 0 Å². The third-order valence-electron chi connectivity index (χ3n) is 4.30. The van der Waals surface area contributed by atoms with Crippen LogP contribution in [0.5, 0.6) is 5.75 Å². The summed E-state index contributed by atoms with van der Waals surface area (Å²) >= 11 is 6.01. The highest BCUT2D eigenvalue weighted by Gasteiger charge is 2.24. The Hall–Kier alpha value is -2.26. The smallest absolute Gasteiger partial charge is 0.256 e. The van der Waals surface area contributed by atoms with Crippen LogP contribution in [-0.4, -0.2) is 13.0 Å². The van der Waals surface area contributed by atoms with E-state index in [2.05, 4.69) is 25.2 Å². The minimum absolute atomic E-state index is 0.103. The van der Waals surface area contributed by atoms with Crippen molar-refractivity contribution in [2.75, 3.05) is 12.4 Å². The minimum Gasteiger partial charge on any atom is -0.496 e. The van der Waals surface area contributed by atoms with Crippen molar-refractivity contribution in [1.29, 1.82) is 0 Å². The van der Waals surface area contributed by atoms with Crippen LogP contribution in [0.25, 0.3) is 11.6 Å². The average molecular weight is 342 g/mol. The number of benzene rings is 2. The third-order valence-corrected chi connectivity index (χ3v) is 4.54. The van der Waals surface area contributed by atoms with Crippen molar-refractivity contribution in [3.63, 3.8) is 0 Å². The lowest BCUT2D eigenvalue weighted by Crippen LogP contribution is -2.04. The Bertz CT molecular complexity index is 853. The summed E-state index contributed by atoms with van der Waals surface area (Å²) in [7, 11) is 1.68. The van der Waals surface area contributed by atoms with Crippen LogP contribution in [0.4, 0.5) is 5.69 Å². The lowest BCUT2D eigenvalue weighted by Gasteiger charge is -2.15. The maximum absolute atomic E-state index is 12.4. The number of rotatable bonds is 3. The summed E-state index contributed by atoms with van der Waals surface area (Å²) in [6.45, 7) is 6.28. The number of fused-ring (bicyclic) bond motifs is 1. The van der Waals surface area contributed by atoms with Gasteiger partial charge in [0.15, 0.2) is 0 Å². The van der Waals surface area contributed by atoms with E-state index in [-0.39, 0.29) is 5.91 Å². The average Bonchev–Trinajstić information content (AvgIpc) is 2.83. The fourth-order valence-corrected chi connectivity index (χ4v) is 3.14. The Morgan fingerprint density at radius 3 is 2.62 bits per heavy atom. The number of carbonyl (C=O) groups excluding carboxylic acids is 1. The third kappa shape index (κ3) is 2.92. The number of halogens is 1. The Balaban J connectivity index is 2.13. The van der Waals surface area contributed by atoms with Gasteiger partial charge in [0, 0.05) is 16.2 Å². The molecule has 0 fully saturated rings. The van der Waals surface area contributed by atoms with Gasteiger partial charge in [-0.2, -0.15) is 0 Å². The number of hydrogen-bond acceptors (Lipinski definition) is 2. The van der Waals surface area contributed by atoms with Crippen molar-refractivity contribution in [1.82, 2.24) is 0 Å². The summed E-state index contributed by atoms with van der Waals surface area (Å²) in [6.07, 6.45) is 1.94. The van der Waals surface area contributed by atoms with E-state index in [1.165, 1.54) is 0 Å². The van der Waals surface area contributed by atoms with E-state index < -0.39 is 0 Å². The Morgan fingerprint density at radius 2 is 1.96 bits per heavy atom. The maximum atomic E-state index is 12.4. The molecule has 0 atom stereocenters. The summed E-state index contributed by atoms with van der Waals surface area (Å²) in [6, 6.07) is 9.58. The quantitative estimate of drug-likeness (QED) is 0.772. The molecule has 2 aromatic carbocycles. The highest BCUT2D eigenvalue weighted by molar-refractivity contribution is 6.36. The molecule has 2 aromatic rings. The van der Waals surface area contributed by atoms with E-state index in [1.807, 2.05) is 25.1 Å². The predicted octanol–water partition coefficient (Wildman–Crippen LogP) is 5.27. The molecule has 4 heteroatoms. The molecule has 0 unspecified atom stereocenters. The molecule has 24 heavy (non-hydrogen) atoms. The molecular formula is C20H20ClNO2. The van der Waals surface area contributed by atoms with Gasteiger partial charge in [0.2, 0.25) is 0 Å². The number of amides is 1. The molecule has 0 spiro atoms. The number of ether oxygens (including phenoxy) is 1. The molecule has 0 saturated carbocycles. The first-order valence-electron chi connectivity index (χ1n) is 7.92. The molecular weight excluding hydrogens is 322 g/mol. The SMILES string of the molecule is COc1cc(C)c(/C=C2/C(=O)Nc3cc(Cl)ccc32)cc1C(C)C. The highest BCUT2D eigenvalue weighted by atomic mass is 35.5. The van der Waals surface area contributed by atoms with Crippen LogP contribution in [0.2, 0.25) is 5.02 Å². The van der Waals surface area contributed by atoms with Crippen molar-refractivity contribution < 1.29 is 9.53 Å². The van der Waals surface area contributed by atoms with Gasteiger partial charge in [-0.15, -0.1) is 0 Å². The van der Waals surface area contributed by atoms with Crippen LogP contribution in [-0.2, 0) is 4.79 Å². The van der Waals surface area contributed by atoms with Crippen LogP contribution in [0.15, 0.2) is 30.3 Å². The lowest BCUT2D eigenvalue weighted by molar-refractivity contribution is -0.110. The zero-order valence-electron chi connectivity index (χ0n) is 14.2. The van der Waals surface area contributed by atoms with E-state index in [9.17, 15) is 4.79 Å². The van der Waals surface area contributed by atoms with Gasteiger partial charge in [0.05, 0.1) is 12.8 Å². The molecule has 3 rings (SSSR count). The van der Waals surface area contributed by atoms with Crippen molar-refractivity contribution in [2.45, 2.75) is 26.7 Å². The normalized spacial score (nSPS) is 14.9. The van der Waals surface area contributed by atoms with Gasteiger partial charge in [-0.25, -0.2) is 0 Å². The Morgan fingerprint density at radius 1 is 1.21 bits per heavy atom. The van der Waals surface area contributed by atoms with Gasteiger partial charge in [-0.1, -0.05) is 31.5 Å². The summed E-state index contributed by atoms with van der Waals surface area (Å²) in [4.78, 5) is 12.4. The zero-order chi connectivity index (χ0) is 17.4. The van der Waals surface area contributed by atoms with Gasteiger partial charge < -0.3 is 10.1 Å². The van der Waals surface area contributed by atoms with Crippen molar-refractivity contribution in [2.24, 2.45) is 0 Å². The van der Waals surface area contributed by atoms with E-state index in [0.29, 0.717) is 16.5 Å². The number of nitrogens with one attached hydrogen (secondary N) is 1. The summed E-state index contributed by atoms with van der Waals surface area (Å²) < 4.78 is 5.49. The zero-order valence-corrected chi connectivity index (χ0v) is 15.0. The molecule has 0 bridgehead atoms. The second kappa shape index (κ2) is 6.33. The van der Waals surface area contributed by atoms with E-state index in [0.717, 1.165) is 33.7 Å². The van der Waals surface area contributed by atoms with Crippen LogP contribution in [0.3, 0.4) is 0 Å². The van der Waals surface area contributed by atoms with Crippen molar-refractivity contribution >= 4 is 34.8 Å². The molecule has 0 radical (unpaired) electrons. The second-order valence-corrected chi connectivity index (χ2v) is 6.74. The molecule has 0 aromatic heterocycles. The van der Waals surface area contributed by atoms with E-state index in [1.54, 1.807) is 19.2 Å². The molecule has 1 aliphatic rings. The summed E-state index contributed by atoms with van der Waals surface area (Å²) in [5.74, 6) is 1.11. The first-order valence-corrected chi connectivity index (χ1v) is 8.30. The summed E-state index contributed by atoms with van der Waals surface area (Å²) in [5.41, 5.74) is 5.51. The van der Waals surface area contributed by atoms with Gasteiger partial charge in [-0.05, 0) is 59.9 Å². The number of methoxy groups -OCH3 is 1. The van der Waals surface area contributed by atoms with Crippen LogP contribution >= 0.6 is 11.6 Å². The monoisotopic (exact) mass is 341 g/mol. The maximum Gasteiger partial charge on any atom is 0.256 e. The standard InChI is InChI=1S/C20H20ClNO2/c1-11(2)16-8-13(12(3)7-19(16)24-4)9-17-15-6-5-14(21)10-18(15)22-20(17)23/h5-11H,1-4H3,(H,22,23)/b17-9+. The topological polar surface area (TPSA) is 38.3 Å². The highest BCUT2D eigenvalue weighted by Crippen LogP contribution is 2.36. The van der Waals surface area contributed by atoms with Crippen molar-refractivity contribution in [3.8, 4) is 5.75 Å². The molecule has 0 saturated heterocycles. The molecule has 1 heterocycles. The van der Waals surface area contributed by atoms with Crippen LogP contribution in [0, 0.1) is 6.92 Å². The van der Waals surface area contributed by atoms with Crippen LogP contribution < -0.4 is 10.1 Å². The first kappa shape index (κ1) is 16.6. The fourth-order valence-electron chi connectivity index (χ4n) is 2.96. The fraction of sp³-hybridized carbons (Fsp3) is 0.250. The second-order valence-electron chi connectivity index (χ2n) is 6.31. The number of hydrogen-bond donors (Lipinski definition) is 1. The molecule has 124 valence electrons. The number of anilines is 1. The summed E-state index contributed by atoms with van der Waals surface area (Å²) in [5, 5.41) is 3.48. The molecule has 1 amide bonds. The largest absolute Gasteiger partial charge is 0.496 e. The van der Waals surface area contributed by atoms with E-state index in [4.69, 9.17) is 16.3 Å². The number of carbonyl (C=O) groups is 1. The van der Waals surface area contributed by atoms with Crippen LogP contribution in [0.1, 0.15) is 42.0 Å².